The predicted molar refractivity (Wildman–Crippen MR) is 93.1 cm³/mol. The lowest BCUT2D eigenvalue weighted by atomic mass is 10.1. The Bertz CT molecular complexity index is 693. The molecule has 2 N–H and O–H groups in total. The van der Waals surface area contributed by atoms with Crippen molar-refractivity contribution in [2.24, 2.45) is 5.73 Å². The second kappa shape index (κ2) is 7.79. The highest BCUT2D eigenvalue weighted by Gasteiger charge is 2.34. The van der Waals surface area contributed by atoms with Gasteiger partial charge in [0.15, 0.2) is 0 Å². The third kappa shape index (κ3) is 4.01. The van der Waals surface area contributed by atoms with E-state index >= 15 is 0 Å². The minimum Gasteiger partial charge on any atom is -0.379 e. The van der Waals surface area contributed by atoms with E-state index in [4.69, 9.17) is 10.5 Å². The van der Waals surface area contributed by atoms with Crippen molar-refractivity contribution >= 4 is 16.1 Å². The van der Waals surface area contributed by atoms with E-state index in [1.54, 1.807) is 17.0 Å². The highest BCUT2D eigenvalue weighted by Crippen LogP contribution is 2.16. The third-order valence-electron chi connectivity index (χ3n) is 4.59. The van der Waals surface area contributed by atoms with Crippen LogP contribution in [0.15, 0.2) is 24.3 Å². The molecule has 0 saturated carbocycles. The lowest BCUT2D eigenvalue weighted by Gasteiger charge is -2.37. The van der Waals surface area contributed by atoms with Crippen molar-refractivity contribution in [1.82, 2.24) is 13.5 Å². The van der Waals surface area contributed by atoms with Gasteiger partial charge in [-0.05, 0) is 17.7 Å². The molecule has 138 valence electrons. The summed E-state index contributed by atoms with van der Waals surface area (Å²) >= 11 is 0. The largest absolute Gasteiger partial charge is 0.379 e. The Morgan fingerprint density at radius 1 is 0.960 bits per heavy atom. The van der Waals surface area contributed by atoms with E-state index in [0.717, 1.165) is 5.56 Å². The summed E-state index contributed by atoms with van der Waals surface area (Å²) in [5, 5.41) is 0. The van der Waals surface area contributed by atoms with Gasteiger partial charge >= 0.3 is 0 Å². The van der Waals surface area contributed by atoms with Crippen molar-refractivity contribution in [3.8, 4) is 0 Å². The van der Waals surface area contributed by atoms with Gasteiger partial charge in [0.05, 0.1) is 13.2 Å². The Morgan fingerprint density at radius 2 is 1.52 bits per heavy atom. The molecule has 9 heteroatoms. The quantitative estimate of drug-likeness (QED) is 0.771. The summed E-state index contributed by atoms with van der Waals surface area (Å²) in [7, 11) is -3.47. The van der Waals surface area contributed by atoms with Crippen LogP contribution in [-0.4, -0.2) is 80.3 Å². The van der Waals surface area contributed by atoms with Gasteiger partial charge < -0.3 is 15.4 Å². The molecule has 2 aliphatic rings. The van der Waals surface area contributed by atoms with Gasteiger partial charge in [-0.2, -0.15) is 17.0 Å². The van der Waals surface area contributed by atoms with Crippen LogP contribution >= 0.6 is 0 Å². The molecule has 2 fully saturated rings. The summed E-state index contributed by atoms with van der Waals surface area (Å²) in [6.45, 7) is 3.46. The Kier molecular flexibility index (Phi) is 5.70. The molecular weight excluding hydrogens is 344 g/mol. The van der Waals surface area contributed by atoms with Crippen molar-refractivity contribution < 1.29 is 17.9 Å². The van der Waals surface area contributed by atoms with Gasteiger partial charge in [0.25, 0.3) is 16.1 Å². The molecule has 2 aliphatic heterocycles. The molecule has 3 rings (SSSR count). The minimum absolute atomic E-state index is 0.0769. The van der Waals surface area contributed by atoms with E-state index in [-0.39, 0.29) is 5.91 Å². The van der Waals surface area contributed by atoms with Crippen molar-refractivity contribution in [3.63, 3.8) is 0 Å². The third-order valence-corrected chi connectivity index (χ3v) is 6.62. The van der Waals surface area contributed by atoms with Gasteiger partial charge in [-0.1, -0.05) is 12.1 Å². The number of rotatable bonds is 4. The van der Waals surface area contributed by atoms with Crippen LogP contribution in [-0.2, 0) is 21.5 Å². The van der Waals surface area contributed by atoms with Crippen LogP contribution in [0.4, 0.5) is 0 Å². The molecule has 0 unspecified atom stereocenters. The van der Waals surface area contributed by atoms with Gasteiger partial charge in [0.1, 0.15) is 0 Å². The van der Waals surface area contributed by atoms with E-state index in [0.29, 0.717) is 64.6 Å². The standard InChI is InChI=1S/C16H24N4O4S/c17-13-14-1-3-15(4-2-14)16(21)18-5-7-19(8-6-18)25(22,23)20-9-11-24-12-10-20/h1-4H,5-13,17H2. The van der Waals surface area contributed by atoms with Gasteiger partial charge in [0.2, 0.25) is 0 Å². The molecule has 1 aromatic rings. The summed E-state index contributed by atoms with van der Waals surface area (Å²) in [4.78, 5) is 14.3. The van der Waals surface area contributed by atoms with E-state index in [1.165, 1.54) is 8.61 Å². The molecule has 1 amide bonds. The molecule has 0 atom stereocenters. The maximum Gasteiger partial charge on any atom is 0.282 e. The number of carbonyl (C=O) groups excluding carboxylic acids is 1. The Labute approximate surface area is 148 Å². The summed E-state index contributed by atoms with van der Waals surface area (Å²) in [6, 6.07) is 7.21. The first-order valence-corrected chi connectivity index (χ1v) is 9.83. The summed E-state index contributed by atoms with van der Waals surface area (Å²) in [6.07, 6.45) is 0. The van der Waals surface area contributed by atoms with Gasteiger partial charge in [-0.3, -0.25) is 4.79 Å². The average Bonchev–Trinajstić information content (AvgIpc) is 2.68. The van der Waals surface area contributed by atoms with Gasteiger partial charge in [-0.15, -0.1) is 0 Å². The molecule has 0 aliphatic carbocycles. The number of ether oxygens (including phenoxy) is 1. The lowest BCUT2D eigenvalue weighted by molar-refractivity contribution is 0.0636. The number of hydrogen-bond donors (Lipinski definition) is 1. The maximum absolute atomic E-state index is 12.6. The fourth-order valence-corrected chi connectivity index (χ4v) is 4.59. The van der Waals surface area contributed by atoms with Crippen LogP contribution in [0.1, 0.15) is 15.9 Å². The van der Waals surface area contributed by atoms with Crippen molar-refractivity contribution in [2.75, 3.05) is 52.5 Å². The first-order valence-electron chi connectivity index (χ1n) is 8.43. The molecule has 0 radical (unpaired) electrons. The van der Waals surface area contributed by atoms with Crippen LogP contribution in [0.25, 0.3) is 0 Å². The zero-order valence-electron chi connectivity index (χ0n) is 14.1. The van der Waals surface area contributed by atoms with Gasteiger partial charge in [0, 0.05) is 51.4 Å². The number of benzene rings is 1. The van der Waals surface area contributed by atoms with Crippen LogP contribution in [0.2, 0.25) is 0 Å². The Balaban J connectivity index is 1.60. The highest BCUT2D eigenvalue weighted by molar-refractivity contribution is 7.86. The number of hydrogen-bond acceptors (Lipinski definition) is 5. The molecular formula is C16H24N4O4S. The lowest BCUT2D eigenvalue weighted by Crippen LogP contribution is -2.55. The van der Waals surface area contributed by atoms with Crippen molar-refractivity contribution in [1.29, 1.82) is 0 Å². The topological polar surface area (TPSA) is 96.2 Å². The van der Waals surface area contributed by atoms with Crippen LogP contribution in [0.5, 0.6) is 0 Å². The molecule has 0 spiro atoms. The molecule has 0 aromatic heterocycles. The monoisotopic (exact) mass is 368 g/mol. The highest BCUT2D eigenvalue weighted by atomic mass is 32.2. The molecule has 25 heavy (non-hydrogen) atoms. The van der Waals surface area contributed by atoms with Crippen LogP contribution < -0.4 is 5.73 Å². The predicted octanol–water partition coefficient (Wildman–Crippen LogP) is -0.520. The zero-order valence-corrected chi connectivity index (χ0v) is 15.0. The van der Waals surface area contributed by atoms with Crippen LogP contribution in [0.3, 0.4) is 0 Å². The molecule has 2 saturated heterocycles. The second-order valence-electron chi connectivity index (χ2n) is 6.11. The first kappa shape index (κ1) is 18.3. The fourth-order valence-electron chi connectivity index (χ4n) is 3.03. The Hall–Kier alpha value is -1.52. The smallest absolute Gasteiger partial charge is 0.282 e. The first-order chi connectivity index (χ1) is 12.0. The van der Waals surface area contributed by atoms with E-state index < -0.39 is 10.2 Å². The number of amides is 1. The van der Waals surface area contributed by atoms with Crippen LogP contribution in [0, 0.1) is 0 Å². The number of piperazine rings is 1. The number of nitrogens with two attached hydrogens (primary N) is 1. The molecule has 1 aromatic carbocycles. The van der Waals surface area contributed by atoms with E-state index in [1.807, 2.05) is 12.1 Å². The zero-order chi connectivity index (χ0) is 17.9. The van der Waals surface area contributed by atoms with E-state index in [2.05, 4.69) is 0 Å². The van der Waals surface area contributed by atoms with E-state index in [9.17, 15) is 13.2 Å². The molecule has 0 bridgehead atoms. The minimum atomic E-state index is -3.47. The fraction of sp³-hybridized carbons (Fsp3) is 0.562. The Morgan fingerprint density at radius 3 is 2.08 bits per heavy atom. The summed E-state index contributed by atoms with van der Waals surface area (Å²) < 4.78 is 33.4. The van der Waals surface area contributed by atoms with Crippen molar-refractivity contribution in [3.05, 3.63) is 35.4 Å². The second-order valence-corrected chi connectivity index (χ2v) is 8.04. The maximum atomic E-state index is 12.6. The molecule has 2 heterocycles. The number of nitrogens with zero attached hydrogens (tertiary/aromatic N) is 3. The normalized spacial score (nSPS) is 20.6. The summed E-state index contributed by atoms with van der Waals surface area (Å²) in [5.74, 6) is -0.0769. The van der Waals surface area contributed by atoms with Gasteiger partial charge in [-0.25, -0.2) is 0 Å². The average molecular weight is 368 g/mol. The SMILES string of the molecule is NCc1ccc(C(=O)N2CCN(S(=O)(=O)N3CCOCC3)CC2)cc1. The number of carbonyl (C=O) groups is 1. The molecule has 8 nitrogen and oxygen atoms in total. The van der Waals surface area contributed by atoms with Crippen molar-refractivity contribution in [2.45, 2.75) is 6.54 Å². The number of morpholine rings is 1. The summed E-state index contributed by atoms with van der Waals surface area (Å²) in [5.41, 5.74) is 7.14.